The average Bonchev–Trinajstić information content (AvgIpc) is 2.62. The van der Waals surface area contributed by atoms with Crippen molar-refractivity contribution in [1.29, 1.82) is 0 Å². The minimum Gasteiger partial charge on any atom is -0.335 e. The van der Waals surface area contributed by atoms with Gasteiger partial charge in [-0.3, -0.25) is 9.59 Å². The van der Waals surface area contributed by atoms with Gasteiger partial charge in [-0.05, 0) is 35.8 Å². The molecule has 0 fully saturated rings. The van der Waals surface area contributed by atoms with E-state index in [1.807, 2.05) is 23.1 Å². The van der Waals surface area contributed by atoms with Crippen molar-refractivity contribution in [2.45, 2.75) is 13.3 Å². The van der Waals surface area contributed by atoms with E-state index in [0.717, 1.165) is 6.42 Å². The number of hydrogen-bond donors (Lipinski definition) is 1. The van der Waals surface area contributed by atoms with Gasteiger partial charge in [0, 0.05) is 31.3 Å². The van der Waals surface area contributed by atoms with Crippen LogP contribution in [0.1, 0.15) is 29.3 Å². The molecule has 0 saturated carbocycles. The van der Waals surface area contributed by atoms with Gasteiger partial charge in [0.15, 0.2) is 0 Å². The van der Waals surface area contributed by atoms with E-state index in [1.165, 1.54) is 18.1 Å². The van der Waals surface area contributed by atoms with Crippen molar-refractivity contribution in [2.75, 3.05) is 18.4 Å². The summed E-state index contributed by atoms with van der Waals surface area (Å²) in [5.41, 5.74) is 3.74. The maximum atomic E-state index is 12.7. The van der Waals surface area contributed by atoms with E-state index in [0.29, 0.717) is 24.3 Å². The predicted molar refractivity (Wildman–Crippen MR) is 95.7 cm³/mol. The highest BCUT2D eigenvalue weighted by molar-refractivity contribution is 5.97. The van der Waals surface area contributed by atoms with Gasteiger partial charge in [-0.15, -0.1) is 0 Å². The molecule has 2 amide bonds. The van der Waals surface area contributed by atoms with Crippen LogP contribution < -0.4 is 5.32 Å². The highest BCUT2D eigenvalue weighted by Gasteiger charge is 2.19. The largest absolute Gasteiger partial charge is 0.335 e. The van der Waals surface area contributed by atoms with Crippen LogP contribution in [0.3, 0.4) is 0 Å². The van der Waals surface area contributed by atoms with Crippen LogP contribution >= 0.6 is 0 Å². The molecule has 122 valence electrons. The molecule has 2 aromatic rings. The van der Waals surface area contributed by atoms with Crippen molar-refractivity contribution in [3.05, 3.63) is 71.8 Å². The fraction of sp³-hybridized carbons (Fsp3) is 0.200. The maximum absolute atomic E-state index is 12.7. The Morgan fingerprint density at radius 1 is 1.04 bits per heavy atom. The number of nitrogens with zero attached hydrogens (tertiary/aromatic N) is 1. The van der Waals surface area contributed by atoms with Gasteiger partial charge in [0.25, 0.3) is 5.91 Å². The van der Waals surface area contributed by atoms with E-state index in [1.54, 1.807) is 24.3 Å². The second-order valence-electron chi connectivity index (χ2n) is 5.86. The van der Waals surface area contributed by atoms with Crippen LogP contribution in [-0.2, 0) is 4.79 Å². The van der Waals surface area contributed by atoms with Gasteiger partial charge < -0.3 is 10.2 Å². The summed E-state index contributed by atoms with van der Waals surface area (Å²) >= 11 is 0. The first-order chi connectivity index (χ1) is 11.6. The Balaban J connectivity index is 1.71. The summed E-state index contributed by atoms with van der Waals surface area (Å²) in [6.45, 7) is 2.76. The zero-order valence-electron chi connectivity index (χ0n) is 13.7. The van der Waals surface area contributed by atoms with E-state index in [2.05, 4.69) is 23.5 Å². The Labute approximate surface area is 141 Å². The maximum Gasteiger partial charge on any atom is 0.254 e. The highest BCUT2D eigenvalue weighted by atomic mass is 16.2. The van der Waals surface area contributed by atoms with Crippen molar-refractivity contribution in [2.24, 2.45) is 0 Å². The first-order valence-corrected chi connectivity index (χ1v) is 8.05. The Morgan fingerprint density at radius 2 is 1.83 bits per heavy atom. The third kappa shape index (κ3) is 3.71. The molecule has 0 radical (unpaired) electrons. The number of anilines is 1. The van der Waals surface area contributed by atoms with Crippen LogP contribution in [-0.4, -0.2) is 29.8 Å². The molecule has 4 nitrogen and oxygen atoms in total. The van der Waals surface area contributed by atoms with Crippen LogP contribution in [0.2, 0.25) is 0 Å². The topological polar surface area (TPSA) is 49.4 Å². The SMILES string of the molecule is CC(=O)Nc1cccc(C(=O)N2CC=C(c3ccccc3)CC2)c1. The van der Waals surface area contributed by atoms with E-state index in [9.17, 15) is 9.59 Å². The summed E-state index contributed by atoms with van der Waals surface area (Å²) in [6, 6.07) is 17.3. The third-order valence-electron chi connectivity index (χ3n) is 4.07. The fourth-order valence-electron chi connectivity index (χ4n) is 2.88. The predicted octanol–water partition coefficient (Wildman–Crippen LogP) is 3.57. The molecule has 1 aliphatic heterocycles. The molecule has 3 rings (SSSR count). The molecule has 0 saturated heterocycles. The van der Waals surface area contributed by atoms with Crippen LogP contribution in [0.15, 0.2) is 60.7 Å². The molecule has 24 heavy (non-hydrogen) atoms. The van der Waals surface area contributed by atoms with Gasteiger partial charge in [-0.25, -0.2) is 0 Å². The second kappa shape index (κ2) is 7.13. The van der Waals surface area contributed by atoms with Gasteiger partial charge in [-0.2, -0.15) is 0 Å². The normalized spacial score (nSPS) is 14.0. The van der Waals surface area contributed by atoms with Crippen molar-refractivity contribution in [3.8, 4) is 0 Å². The lowest BCUT2D eigenvalue weighted by Crippen LogP contribution is -2.34. The number of hydrogen-bond acceptors (Lipinski definition) is 2. The van der Waals surface area contributed by atoms with Gasteiger partial charge >= 0.3 is 0 Å². The van der Waals surface area contributed by atoms with E-state index in [-0.39, 0.29) is 11.8 Å². The summed E-state index contributed by atoms with van der Waals surface area (Å²) in [4.78, 5) is 25.7. The number of nitrogens with one attached hydrogen (secondary N) is 1. The Kier molecular flexibility index (Phi) is 4.75. The Morgan fingerprint density at radius 3 is 2.50 bits per heavy atom. The van der Waals surface area contributed by atoms with Crippen molar-refractivity contribution >= 4 is 23.1 Å². The Bertz CT molecular complexity index is 781. The summed E-state index contributed by atoms with van der Waals surface area (Å²) in [5, 5.41) is 2.71. The summed E-state index contributed by atoms with van der Waals surface area (Å²) in [5.74, 6) is -0.154. The number of carbonyl (C=O) groups excluding carboxylic acids is 2. The molecule has 1 N–H and O–H groups in total. The first-order valence-electron chi connectivity index (χ1n) is 8.05. The van der Waals surface area contributed by atoms with Gasteiger partial charge in [0.1, 0.15) is 0 Å². The minimum atomic E-state index is -0.145. The molecule has 0 spiro atoms. The van der Waals surface area contributed by atoms with Gasteiger partial charge in [0.2, 0.25) is 5.91 Å². The smallest absolute Gasteiger partial charge is 0.254 e. The highest BCUT2D eigenvalue weighted by Crippen LogP contribution is 2.23. The monoisotopic (exact) mass is 320 g/mol. The number of carbonyl (C=O) groups is 2. The van der Waals surface area contributed by atoms with Crippen LogP contribution in [0.5, 0.6) is 0 Å². The van der Waals surface area contributed by atoms with Crippen LogP contribution in [0, 0.1) is 0 Å². The zero-order chi connectivity index (χ0) is 16.9. The molecule has 0 aliphatic carbocycles. The average molecular weight is 320 g/mol. The Hall–Kier alpha value is -2.88. The molecule has 0 aromatic heterocycles. The minimum absolute atomic E-state index is 0.00874. The summed E-state index contributed by atoms with van der Waals surface area (Å²) < 4.78 is 0. The van der Waals surface area contributed by atoms with E-state index in [4.69, 9.17) is 0 Å². The molecular formula is C20H20N2O2. The number of benzene rings is 2. The molecule has 0 bridgehead atoms. The number of amides is 2. The molecule has 2 aromatic carbocycles. The molecule has 1 heterocycles. The van der Waals surface area contributed by atoms with E-state index < -0.39 is 0 Å². The molecule has 4 heteroatoms. The lowest BCUT2D eigenvalue weighted by molar-refractivity contribution is -0.114. The molecular weight excluding hydrogens is 300 g/mol. The standard InChI is InChI=1S/C20H20N2O2/c1-15(23)21-19-9-5-8-18(14-19)20(24)22-12-10-17(11-13-22)16-6-3-2-4-7-16/h2-10,14H,11-13H2,1H3,(H,21,23). The summed E-state index contributed by atoms with van der Waals surface area (Å²) in [6.07, 6.45) is 2.97. The second-order valence-corrected chi connectivity index (χ2v) is 5.86. The number of rotatable bonds is 3. The van der Waals surface area contributed by atoms with Crippen molar-refractivity contribution < 1.29 is 9.59 Å². The third-order valence-corrected chi connectivity index (χ3v) is 4.07. The van der Waals surface area contributed by atoms with Gasteiger partial charge in [-0.1, -0.05) is 42.5 Å². The van der Waals surface area contributed by atoms with Gasteiger partial charge in [0.05, 0.1) is 0 Å². The van der Waals surface area contributed by atoms with Crippen LogP contribution in [0.25, 0.3) is 5.57 Å². The van der Waals surface area contributed by atoms with Crippen molar-refractivity contribution in [1.82, 2.24) is 4.90 Å². The lowest BCUT2D eigenvalue weighted by atomic mass is 9.99. The van der Waals surface area contributed by atoms with E-state index >= 15 is 0 Å². The summed E-state index contributed by atoms with van der Waals surface area (Å²) in [7, 11) is 0. The van der Waals surface area contributed by atoms with Crippen LogP contribution in [0.4, 0.5) is 5.69 Å². The lowest BCUT2D eigenvalue weighted by Gasteiger charge is -2.27. The fourth-order valence-corrected chi connectivity index (χ4v) is 2.88. The first kappa shape index (κ1) is 16.0. The molecule has 0 unspecified atom stereocenters. The molecule has 0 atom stereocenters. The quantitative estimate of drug-likeness (QED) is 0.940. The molecule has 1 aliphatic rings. The zero-order valence-corrected chi connectivity index (χ0v) is 13.7. The van der Waals surface area contributed by atoms with Crippen molar-refractivity contribution in [3.63, 3.8) is 0 Å².